The minimum absolute atomic E-state index is 0.0186. The molecule has 128 valence electrons. The van der Waals surface area contributed by atoms with Crippen molar-refractivity contribution in [1.29, 1.82) is 0 Å². The zero-order chi connectivity index (χ0) is 16.8. The summed E-state index contributed by atoms with van der Waals surface area (Å²) < 4.78 is 5.36. The van der Waals surface area contributed by atoms with E-state index in [1.165, 1.54) is 21.8 Å². The third-order valence-electron chi connectivity index (χ3n) is 4.21. The van der Waals surface area contributed by atoms with E-state index in [0.29, 0.717) is 13.2 Å². The van der Waals surface area contributed by atoms with Crippen molar-refractivity contribution in [2.24, 2.45) is 0 Å². The molecule has 0 radical (unpaired) electrons. The molecule has 0 aromatic carbocycles. The van der Waals surface area contributed by atoms with Gasteiger partial charge in [0.05, 0.1) is 11.3 Å². The molecule has 1 fully saturated rings. The Hall–Kier alpha value is -1.40. The Kier molecular flexibility index (Phi) is 6.59. The van der Waals surface area contributed by atoms with Crippen molar-refractivity contribution in [1.82, 2.24) is 4.90 Å². The van der Waals surface area contributed by atoms with Gasteiger partial charge in [-0.3, -0.25) is 9.59 Å². The Morgan fingerprint density at radius 3 is 2.70 bits per heavy atom. The summed E-state index contributed by atoms with van der Waals surface area (Å²) in [5, 5.41) is 8.97. The van der Waals surface area contributed by atoms with Crippen molar-refractivity contribution in [2.75, 3.05) is 19.8 Å². The molecule has 2 heterocycles. The Balaban J connectivity index is 2.17. The predicted molar refractivity (Wildman–Crippen MR) is 90.2 cm³/mol. The van der Waals surface area contributed by atoms with E-state index in [1.807, 2.05) is 13.0 Å². The second kappa shape index (κ2) is 8.45. The highest BCUT2D eigenvalue weighted by Gasteiger charge is 2.28. The van der Waals surface area contributed by atoms with Crippen LogP contribution in [-0.2, 0) is 16.0 Å². The molecule has 0 unspecified atom stereocenters. The molecule has 1 saturated heterocycles. The molecule has 0 spiro atoms. The van der Waals surface area contributed by atoms with Crippen LogP contribution in [0, 0.1) is 6.92 Å². The summed E-state index contributed by atoms with van der Waals surface area (Å²) >= 11 is 1.52. The molecule has 2 rings (SSSR count). The molecular formula is C17H25NO4S. The largest absolute Gasteiger partial charge is 0.481 e. The molecule has 1 aliphatic heterocycles. The Labute approximate surface area is 141 Å². The van der Waals surface area contributed by atoms with Crippen LogP contribution in [0.5, 0.6) is 0 Å². The number of aryl methyl sites for hydroxylation is 2. The predicted octanol–water partition coefficient (Wildman–Crippen LogP) is 3.10. The number of nitrogens with zero attached hydrogens (tertiary/aromatic N) is 1. The van der Waals surface area contributed by atoms with Crippen LogP contribution in [0.2, 0.25) is 0 Å². The molecule has 1 aliphatic rings. The van der Waals surface area contributed by atoms with E-state index >= 15 is 0 Å². The van der Waals surface area contributed by atoms with Gasteiger partial charge in [-0.2, -0.15) is 0 Å². The van der Waals surface area contributed by atoms with Gasteiger partial charge in [0.1, 0.15) is 0 Å². The van der Waals surface area contributed by atoms with E-state index < -0.39 is 5.97 Å². The van der Waals surface area contributed by atoms with Crippen LogP contribution < -0.4 is 0 Å². The Bertz CT molecular complexity index is 549. The molecule has 0 bridgehead atoms. The standard InChI is InChI=1S/C17H25NO4S/c1-3-4-13-11-15(23-12(13)2)17(21)18(8-5-16(19)20)14-6-9-22-10-7-14/h11,14H,3-10H2,1-2H3,(H,19,20). The molecule has 6 heteroatoms. The van der Waals surface area contributed by atoms with Crippen LogP contribution in [0.15, 0.2) is 6.07 Å². The lowest BCUT2D eigenvalue weighted by Gasteiger charge is -2.33. The van der Waals surface area contributed by atoms with Gasteiger partial charge in [0.25, 0.3) is 5.91 Å². The summed E-state index contributed by atoms with van der Waals surface area (Å²) in [5.74, 6) is -0.905. The third-order valence-corrected chi connectivity index (χ3v) is 5.29. The Morgan fingerprint density at radius 1 is 1.39 bits per heavy atom. The van der Waals surface area contributed by atoms with Gasteiger partial charge < -0.3 is 14.7 Å². The average molecular weight is 339 g/mol. The van der Waals surface area contributed by atoms with Crippen molar-refractivity contribution in [3.63, 3.8) is 0 Å². The number of carbonyl (C=O) groups excluding carboxylic acids is 1. The van der Waals surface area contributed by atoms with Crippen LogP contribution in [-0.4, -0.2) is 47.7 Å². The highest BCUT2D eigenvalue weighted by molar-refractivity contribution is 7.14. The maximum absolute atomic E-state index is 12.9. The molecule has 5 nitrogen and oxygen atoms in total. The van der Waals surface area contributed by atoms with Gasteiger partial charge in [-0.1, -0.05) is 13.3 Å². The van der Waals surface area contributed by atoms with Crippen LogP contribution in [0.4, 0.5) is 0 Å². The first kappa shape index (κ1) is 17.9. The van der Waals surface area contributed by atoms with Gasteiger partial charge in [-0.05, 0) is 37.8 Å². The number of carboxylic acid groups (broad SMARTS) is 1. The maximum Gasteiger partial charge on any atom is 0.305 e. The van der Waals surface area contributed by atoms with Crippen molar-refractivity contribution in [3.05, 3.63) is 21.4 Å². The number of rotatable bonds is 7. The number of hydrogen-bond donors (Lipinski definition) is 1. The fraction of sp³-hybridized carbons (Fsp3) is 0.647. The monoisotopic (exact) mass is 339 g/mol. The third kappa shape index (κ3) is 4.78. The highest BCUT2D eigenvalue weighted by Crippen LogP contribution is 2.26. The molecule has 1 N–H and O–H groups in total. The molecule has 1 aromatic heterocycles. The molecule has 0 aliphatic carbocycles. The van der Waals surface area contributed by atoms with Crippen LogP contribution >= 0.6 is 11.3 Å². The molecular weight excluding hydrogens is 314 g/mol. The normalized spacial score (nSPS) is 15.6. The van der Waals surface area contributed by atoms with E-state index in [4.69, 9.17) is 9.84 Å². The fourth-order valence-electron chi connectivity index (χ4n) is 2.95. The molecule has 0 atom stereocenters. The summed E-state index contributed by atoms with van der Waals surface area (Å²) in [6, 6.07) is 2.06. The lowest BCUT2D eigenvalue weighted by molar-refractivity contribution is -0.137. The number of thiophene rings is 1. The maximum atomic E-state index is 12.9. The highest BCUT2D eigenvalue weighted by atomic mass is 32.1. The minimum atomic E-state index is -0.871. The van der Waals surface area contributed by atoms with Gasteiger partial charge in [-0.25, -0.2) is 0 Å². The van der Waals surface area contributed by atoms with E-state index in [0.717, 1.165) is 30.6 Å². The topological polar surface area (TPSA) is 66.8 Å². The van der Waals surface area contributed by atoms with Gasteiger partial charge in [0.2, 0.25) is 0 Å². The number of carbonyl (C=O) groups is 2. The quantitative estimate of drug-likeness (QED) is 0.829. The van der Waals surface area contributed by atoms with Crippen LogP contribution in [0.1, 0.15) is 52.7 Å². The van der Waals surface area contributed by atoms with E-state index in [1.54, 1.807) is 4.90 Å². The van der Waals surface area contributed by atoms with E-state index in [-0.39, 0.29) is 24.9 Å². The number of aliphatic carboxylic acids is 1. The number of ether oxygens (including phenoxy) is 1. The van der Waals surface area contributed by atoms with Crippen LogP contribution in [0.3, 0.4) is 0 Å². The molecule has 0 saturated carbocycles. The summed E-state index contributed by atoms with van der Waals surface area (Å²) in [6.45, 7) is 5.69. The van der Waals surface area contributed by atoms with Crippen molar-refractivity contribution < 1.29 is 19.4 Å². The second-order valence-corrected chi connectivity index (χ2v) is 7.18. The SMILES string of the molecule is CCCc1cc(C(=O)N(CCC(=O)O)C2CCOCC2)sc1C. The van der Waals surface area contributed by atoms with Crippen LogP contribution in [0.25, 0.3) is 0 Å². The van der Waals surface area contributed by atoms with Crippen molar-refractivity contribution in [2.45, 2.75) is 52.0 Å². The zero-order valence-corrected chi connectivity index (χ0v) is 14.7. The average Bonchev–Trinajstić information content (AvgIpc) is 2.90. The molecule has 1 aromatic rings. The van der Waals surface area contributed by atoms with E-state index in [2.05, 4.69) is 6.92 Å². The van der Waals surface area contributed by atoms with Gasteiger partial charge in [-0.15, -0.1) is 11.3 Å². The second-order valence-electron chi connectivity index (χ2n) is 5.93. The first-order valence-corrected chi connectivity index (χ1v) is 9.04. The first-order valence-electron chi connectivity index (χ1n) is 8.22. The number of hydrogen-bond acceptors (Lipinski definition) is 4. The Morgan fingerprint density at radius 2 is 2.09 bits per heavy atom. The smallest absolute Gasteiger partial charge is 0.305 e. The molecule has 23 heavy (non-hydrogen) atoms. The van der Waals surface area contributed by atoms with Gasteiger partial charge in [0.15, 0.2) is 0 Å². The zero-order valence-electron chi connectivity index (χ0n) is 13.8. The summed E-state index contributed by atoms with van der Waals surface area (Å²) in [4.78, 5) is 27.5. The minimum Gasteiger partial charge on any atom is -0.481 e. The summed E-state index contributed by atoms with van der Waals surface area (Å²) in [5.41, 5.74) is 1.23. The molecule has 1 amide bonds. The summed E-state index contributed by atoms with van der Waals surface area (Å²) in [6.07, 6.45) is 3.56. The van der Waals surface area contributed by atoms with Gasteiger partial charge >= 0.3 is 5.97 Å². The fourth-order valence-corrected chi connectivity index (χ4v) is 3.97. The van der Waals surface area contributed by atoms with E-state index in [9.17, 15) is 9.59 Å². The van der Waals surface area contributed by atoms with Crippen molar-refractivity contribution in [3.8, 4) is 0 Å². The summed E-state index contributed by atoms with van der Waals surface area (Å²) in [7, 11) is 0. The first-order chi connectivity index (χ1) is 11.0. The van der Waals surface area contributed by atoms with Gasteiger partial charge in [0, 0.05) is 30.7 Å². The number of amides is 1. The lowest BCUT2D eigenvalue weighted by Crippen LogP contribution is -2.44. The number of carboxylic acids is 1. The lowest BCUT2D eigenvalue weighted by atomic mass is 10.1. The van der Waals surface area contributed by atoms with Crippen molar-refractivity contribution >= 4 is 23.2 Å².